The molecule has 2 N–H and O–H groups in total. The molecule has 0 saturated heterocycles. The Morgan fingerprint density at radius 2 is 2.03 bits per heavy atom. The predicted octanol–water partition coefficient (Wildman–Crippen LogP) is 1.78. The molecule has 4 rings (SSSR count). The number of anilines is 1. The molecule has 0 atom stereocenters. The van der Waals surface area contributed by atoms with Gasteiger partial charge in [0.2, 0.25) is 15.9 Å². The molecule has 0 aliphatic carbocycles. The number of rotatable bonds is 6. The Labute approximate surface area is 190 Å². The van der Waals surface area contributed by atoms with Crippen LogP contribution in [-0.2, 0) is 27.8 Å². The molecule has 3 heterocycles. The highest BCUT2D eigenvalue weighted by Crippen LogP contribution is 2.28. The number of amides is 2. The lowest BCUT2D eigenvalue weighted by atomic mass is 9.97. The summed E-state index contributed by atoms with van der Waals surface area (Å²) in [7, 11) is -1.36. The summed E-state index contributed by atoms with van der Waals surface area (Å²) < 4.78 is 23.9. The zero-order valence-electron chi connectivity index (χ0n) is 17.7. The summed E-state index contributed by atoms with van der Waals surface area (Å²) in [5.41, 5.74) is 4.60. The van der Waals surface area contributed by atoms with Crippen LogP contribution in [0.2, 0.25) is 0 Å². The second-order valence-corrected chi connectivity index (χ2v) is 10.5. The maximum Gasteiger partial charge on any atom is 0.253 e. The standard InChI is InChI=1S/C21H23N5O4S2/c1-25-7-5-14-9-15(3-4-16(14)11-25)18-13-31-21(23-18)24-19(27)10-22-20(28)17-6-8-26(12-17)32(2,29)30/h3-4,6,8-9,12-13H,5,7,10-11H2,1-2H3,(H,22,28)(H,23,24,27). The number of likely N-dealkylation sites (N-methyl/N-ethyl adjacent to an activating group) is 1. The first-order valence-corrected chi connectivity index (χ1v) is 12.6. The molecule has 0 bridgehead atoms. The topological polar surface area (TPSA) is 113 Å². The van der Waals surface area contributed by atoms with Gasteiger partial charge in [0.05, 0.1) is 24.1 Å². The molecule has 0 radical (unpaired) electrons. The second kappa shape index (κ2) is 8.85. The Bertz CT molecular complexity index is 1280. The van der Waals surface area contributed by atoms with Crippen molar-refractivity contribution in [3.8, 4) is 11.3 Å². The van der Waals surface area contributed by atoms with Gasteiger partial charge >= 0.3 is 0 Å². The van der Waals surface area contributed by atoms with Gasteiger partial charge in [-0.1, -0.05) is 12.1 Å². The van der Waals surface area contributed by atoms with Gasteiger partial charge in [-0.15, -0.1) is 11.3 Å². The van der Waals surface area contributed by atoms with Crippen molar-refractivity contribution in [3.63, 3.8) is 0 Å². The van der Waals surface area contributed by atoms with Crippen molar-refractivity contribution in [2.75, 3.05) is 31.7 Å². The third-order valence-corrected chi connectivity index (χ3v) is 6.93. The number of hydrogen-bond acceptors (Lipinski definition) is 7. The van der Waals surface area contributed by atoms with E-state index in [0.29, 0.717) is 5.13 Å². The number of fused-ring (bicyclic) bond motifs is 1. The minimum atomic E-state index is -3.47. The molecule has 1 aromatic carbocycles. The molecule has 168 valence electrons. The van der Waals surface area contributed by atoms with Crippen LogP contribution in [0.4, 0.5) is 5.13 Å². The summed E-state index contributed by atoms with van der Waals surface area (Å²) in [6.45, 7) is 1.71. The van der Waals surface area contributed by atoms with Crippen molar-refractivity contribution in [1.29, 1.82) is 0 Å². The quantitative estimate of drug-likeness (QED) is 0.564. The predicted molar refractivity (Wildman–Crippen MR) is 123 cm³/mol. The summed E-state index contributed by atoms with van der Waals surface area (Å²) in [4.78, 5) is 31.2. The number of thiazole rings is 1. The van der Waals surface area contributed by atoms with E-state index >= 15 is 0 Å². The molecule has 11 heteroatoms. The molecule has 9 nitrogen and oxygen atoms in total. The van der Waals surface area contributed by atoms with E-state index in [0.717, 1.165) is 41.0 Å². The molecule has 2 amide bonds. The van der Waals surface area contributed by atoms with Gasteiger partial charge in [0.15, 0.2) is 5.13 Å². The molecule has 3 aromatic rings. The number of nitrogens with one attached hydrogen (secondary N) is 2. The van der Waals surface area contributed by atoms with E-state index in [-0.39, 0.29) is 12.1 Å². The van der Waals surface area contributed by atoms with Gasteiger partial charge < -0.3 is 15.5 Å². The maximum absolute atomic E-state index is 12.2. The van der Waals surface area contributed by atoms with Crippen molar-refractivity contribution >= 4 is 38.3 Å². The van der Waals surface area contributed by atoms with Crippen molar-refractivity contribution < 1.29 is 18.0 Å². The maximum atomic E-state index is 12.2. The molecule has 1 aliphatic rings. The monoisotopic (exact) mass is 473 g/mol. The van der Waals surface area contributed by atoms with Crippen LogP contribution in [-0.4, -0.2) is 60.5 Å². The van der Waals surface area contributed by atoms with Crippen molar-refractivity contribution in [1.82, 2.24) is 19.2 Å². The van der Waals surface area contributed by atoms with Crippen LogP contribution in [0.15, 0.2) is 42.0 Å². The Balaban J connectivity index is 1.34. The van der Waals surface area contributed by atoms with Crippen LogP contribution in [0.25, 0.3) is 11.3 Å². The SMILES string of the molecule is CN1CCc2cc(-c3csc(NC(=O)CNC(=O)c4ccn(S(C)(=O)=O)c4)n3)ccc2C1. The lowest BCUT2D eigenvalue weighted by Crippen LogP contribution is -2.32. The summed E-state index contributed by atoms with van der Waals surface area (Å²) in [6, 6.07) is 7.70. The Kier molecular flexibility index (Phi) is 6.13. The summed E-state index contributed by atoms with van der Waals surface area (Å²) in [6.07, 6.45) is 4.51. The number of carbonyl (C=O) groups excluding carboxylic acids is 2. The Morgan fingerprint density at radius 3 is 2.78 bits per heavy atom. The third kappa shape index (κ3) is 5.06. The van der Waals surface area contributed by atoms with E-state index in [1.54, 1.807) is 0 Å². The molecular weight excluding hydrogens is 450 g/mol. The van der Waals surface area contributed by atoms with Gasteiger partial charge in [-0.25, -0.2) is 13.4 Å². The number of hydrogen-bond donors (Lipinski definition) is 2. The summed E-state index contributed by atoms with van der Waals surface area (Å²) in [5.74, 6) is -0.961. The smallest absolute Gasteiger partial charge is 0.253 e. The van der Waals surface area contributed by atoms with Crippen LogP contribution in [0.5, 0.6) is 0 Å². The molecule has 0 spiro atoms. The fraction of sp³-hybridized carbons (Fsp3) is 0.286. The number of nitrogens with zero attached hydrogens (tertiary/aromatic N) is 3. The molecule has 1 aliphatic heterocycles. The van der Waals surface area contributed by atoms with Gasteiger partial charge in [0, 0.05) is 36.4 Å². The molecule has 0 fully saturated rings. The molecule has 32 heavy (non-hydrogen) atoms. The van der Waals surface area contributed by atoms with Gasteiger partial charge in [-0.05, 0) is 36.7 Å². The minimum Gasteiger partial charge on any atom is -0.343 e. The van der Waals surface area contributed by atoms with E-state index in [1.165, 1.54) is 40.9 Å². The largest absolute Gasteiger partial charge is 0.343 e. The van der Waals surface area contributed by atoms with E-state index in [4.69, 9.17) is 0 Å². The van der Waals surface area contributed by atoms with Crippen LogP contribution in [0, 0.1) is 0 Å². The van der Waals surface area contributed by atoms with E-state index < -0.39 is 21.8 Å². The minimum absolute atomic E-state index is 0.151. The van der Waals surface area contributed by atoms with Gasteiger partial charge in [-0.2, -0.15) is 0 Å². The first kappa shape index (κ1) is 22.2. The van der Waals surface area contributed by atoms with E-state index in [2.05, 4.69) is 39.7 Å². The van der Waals surface area contributed by atoms with E-state index in [9.17, 15) is 18.0 Å². The van der Waals surface area contributed by atoms with Gasteiger partial charge in [0.25, 0.3) is 5.91 Å². The number of aromatic nitrogens is 2. The fourth-order valence-corrected chi connectivity index (χ4v) is 4.78. The molecule has 0 saturated carbocycles. The lowest BCUT2D eigenvalue weighted by molar-refractivity contribution is -0.115. The highest BCUT2D eigenvalue weighted by Gasteiger charge is 2.16. The van der Waals surface area contributed by atoms with Gasteiger partial charge in [0.1, 0.15) is 0 Å². The van der Waals surface area contributed by atoms with Gasteiger partial charge in [-0.3, -0.25) is 13.6 Å². The van der Waals surface area contributed by atoms with Crippen LogP contribution in [0.3, 0.4) is 0 Å². The van der Waals surface area contributed by atoms with E-state index in [1.807, 2.05) is 11.4 Å². The summed E-state index contributed by atoms with van der Waals surface area (Å²) >= 11 is 1.31. The van der Waals surface area contributed by atoms with Crippen molar-refractivity contribution in [3.05, 3.63) is 58.7 Å². The first-order chi connectivity index (χ1) is 15.2. The average molecular weight is 474 g/mol. The lowest BCUT2D eigenvalue weighted by Gasteiger charge is -2.25. The van der Waals surface area contributed by atoms with Crippen molar-refractivity contribution in [2.24, 2.45) is 0 Å². The summed E-state index contributed by atoms with van der Waals surface area (Å²) in [5, 5.41) is 7.49. The number of benzene rings is 1. The second-order valence-electron chi connectivity index (χ2n) is 7.73. The molecule has 0 unspecified atom stereocenters. The fourth-order valence-electron chi connectivity index (χ4n) is 3.46. The molecule has 2 aromatic heterocycles. The normalized spacial score (nSPS) is 14.1. The van der Waals surface area contributed by atoms with Crippen molar-refractivity contribution in [2.45, 2.75) is 13.0 Å². The Hall–Kier alpha value is -3.02. The molecular formula is C21H23N5O4S2. The highest BCUT2D eigenvalue weighted by molar-refractivity contribution is 7.89. The van der Waals surface area contributed by atoms with Crippen LogP contribution in [0.1, 0.15) is 21.5 Å². The zero-order valence-corrected chi connectivity index (χ0v) is 19.3. The zero-order chi connectivity index (χ0) is 22.9. The average Bonchev–Trinajstić information content (AvgIpc) is 3.41. The number of carbonyl (C=O) groups is 2. The first-order valence-electron chi connectivity index (χ1n) is 9.92. The highest BCUT2D eigenvalue weighted by atomic mass is 32.2. The van der Waals surface area contributed by atoms with Crippen LogP contribution < -0.4 is 10.6 Å². The third-order valence-electron chi connectivity index (χ3n) is 5.18. The van der Waals surface area contributed by atoms with Crippen LogP contribution >= 0.6 is 11.3 Å². The Morgan fingerprint density at radius 1 is 1.22 bits per heavy atom.